The van der Waals surface area contributed by atoms with Gasteiger partial charge in [-0.1, -0.05) is 38.1 Å². The van der Waals surface area contributed by atoms with Crippen LogP contribution in [0.25, 0.3) is 0 Å². The van der Waals surface area contributed by atoms with Gasteiger partial charge in [-0.2, -0.15) is 0 Å². The van der Waals surface area contributed by atoms with E-state index in [2.05, 4.69) is 53.4 Å². The molecule has 4 heteroatoms. The lowest BCUT2D eigenvalue weighted by Crippen LogP contribution is -2.25. The molecule has 0 aliphatic heterocycles. The minimum Gasteiger partial charge on any atom is -0.383 e. The van der Waals surface area contributed by atoms with Crippen molar-refractivity contribution in [1.82, 2.24) is 9.97 Å². The van der Waals surface area contributed by atoms with Crippen molar-refractivity contribution in [2.45, 2.75) is 39.0 Å². The van der Waals surface area contributed by atoms with Crippen molar-refractivity contribution < 1.29 is 0 Å². The smallest absolute Gasteiger partial charge is 0.135 e. The second-order valence-electron chi connectivity index (χ2n) is 6.08. The number of nitrogens with zero attached hydrogens (tertiary/aromatic N) is 2. The zero-order chi connectivity index (χ0) is 15.0. The minimum absolute atomic E-state index is 0.276. The number of nitrogens with two attached hydrogens (primary N) is 1. The van der Waals surface area contributed by atoms with E-state index in [-0.39, 0.29) is 5.92 Å². The number of benzene rings is 1. The maximum Gasteiger partial charge on any atom is 0.135 e. The van der Waals surface area contributed by atoms with Crippen molar-refractivity contribution >= 4 is 11.6 Å². The number of anilines is 2. The average Bonchev–Trinajstić information content (AvgIpc) is 2.43. The molecule has 1 atom stereocenters. The molecular weight excluding hydrogens is 260 g/mol. The molecular formula is C17H22N4. The Morgan fingerprint density at radius 1 is 1.29 bits per heavy atom. The molecule has 1 aliphatic rings. The van der Waals surface area contributed by atoms with Gasteiger partial charge in [0.25, 0.3) is 0 Å². The van der Waals surface area contributed by atoms with Crippen LogP contribution >= 0.6 is 0 Å². The average molecular weight is 282 g/mol. The lowest BCUT2D eigenvalue weighted by Gasteiger charge is -2.30. The summed E-state index contributed by atoms with van der Waals surface area (Å²) in [6.45, 7) is 7.02. The van der Waals surface area contributed by atoms with Gasteiger partial charge in [0.05, 0.1) is 0 Å². The van der Waals surface area contributed by atoms with Gasteiger partial charge >= 0.3 is 0 Å². The summed E-state index contributed by atoms with van der Waals surface area (Å²) < 4.78 is 0. The maximum absolute atomic E-state index is 6.00. The first-order valence-electron chi connectivity index (χ1n) is 7.52. The Balaban J connectivity index is 1.74. The van der Waals surface area contributed by atoms with Crippen LogP contribution in [-0.4, -0.2) is 16.5 Å². The van der Waals surface area contributed by atoms with Gasteiger partial charge in [0.2, 0.25) is 0 Å². The summed E-state index contributed by atoms with van der Waals surface area (Å²) in [5, 5.41) is 3.46. The van der Waals surface area contributed by atoms with Crippen LogP contribution in [0, 0.1) is 6.92 Å². The number of rotatable bonds is 4. The van der Waals surface area contributed by atoms with Gasteiger partial charge in [0, 0.05) is 23.9 Å². The quantitative estimate of drug-likeness (QED) is 0.903. The third kappa shape index (κ3) is 2.58. The van der Waals surface area contributed by atoms with E-state index in [0.717, 1.165) is 30.2 Å². The number of hydrogen-bond acceptors (Lipinski definition) is 4. The molecule has 2 aromatic rings. The molecule has 1 aromatic carbocycles. The van der Waals surface area contributed by atoms with Gasteiger partial charge in [-0.25, -0.2) is 9.97 Å². The van der Waals surface area contributed by atoms with Gasteiger partial charge in [-0.3, -0.25) is 0 Å². The van der Waals surface area contributed by atoms with Crippen molar-refractivity contribution in [2.24, 2.45) is 0 Å². The molecule has 0 fully saturated rings. The van der Waals surface area contributed by atoms with E-state index in [1.54, 1.807) is 0 Å². The molecule has 110 valence electrons. The number of fused-ring (bicyclic) bond motifs is 1. The van der Waals surface area contributed by atoms with Crippen molar-refractivity contribution in [1.29, 1.82) is 0 Å². The Morgan fingerprint density at radius 2 is 2.05 bits per heavy atom. The van der Waals surface area contributed by atoms with Crippen LogP contribution in [0.15, 0.2) is 24.3 Å². The summed E-state index contributed by atoms with van der Waals surface area (Å²) in [4.78, 5) is 8.97. The highest BCUT2D eigenvalue weighted by molar-refractivity contribution is 5.55. The first-order valence-corrected chi connectivity index (χ1v) is 7.52. The first kappa shape index (κ1) is 13.9. The summed E-state index contributed by atoms with van der Waals surface area (Å²) in [6, 6.07) is 8.63. The first-order chi connectivity index (χ1) is 10.1. The Bertz CT molecular complexity index is 664. The van der Waals surface area contributed by atoms with Crippen molar-refractivity contribution in [3.8, 4) is 0 Å². The van der Waals surface area contributed by atoms with E-state index in [9.17, 15) is 0 Å². The molecule has 21 heavy (non-hydrogen) atoms. The number of aromatic nitrogens is 2. The third-order valence-electron chi connectivity index (χ3n) is 4.19. The molecule has 0 saturated carbocycles. The highest BCUT2D eigenvalue weighted by Crippen LogP contribution is 2.35. The van der Waals surface area contributed by atoms with Crippen LogP contribution in [0.4, 0.5) is 11.6 Å². The normalized spacial score (nSPS) is 16.5. The van der Waals surface area contributed by atoms with Crippen LogP contribution in [0.3, 0.4) is 0 Å². The molecule has 3 N–H and O–H groups in total. The molecule has 1 heterocycles. The fourth-order valence-electron chi connectivity index (χ4n) is 2.75. The highest BCUT2D eigenvalue weighted by atomic mass is 15.1. The summed E-state index contributed by atoms with van der Waals surface area (Å²) in [5.41, 5.74) is 9.85. The van der Waals surface area contributed by atoms with Crippen molar-refractivity contribution in [3.63, 3.8) is 0 Å². The Labute approximate surface area is 125 Å². The van der Waals surface area contributed by atoms with Crippen LogP contribution in [0.2, 0.25) is 0 Å². The third-order valence-corrected chi connectivity index (χ3v) is 4.19. The van der Waals surface area contributed by atoms with Gasteiger partial charge in [0.15, 0.2) is 0 Å². The molecule has 1 unspecified atom stereocenters. The highest BCUT2D eigenvalue weighted by Gasteiger charge is 2.25. The molecule has 1 aromatic heterocycles. The van der Waals surface area contributed by atoms with Gasteiger partial charge in [-0.15, -0.1) is 0 Å². The number of nitrogens with one attached hydrogen (secondary N) is 1. The zero-order valence-corrected chi connectivity index (χ0v) is 12.9. The Hall–Kier alpha value is -2.10. The van der Waals surface area contributed by atoms with Crippen molar-refractivity contribution in [3.05, 3.63) is 46.8 Å². The van der Waals surface area contributed by atoms with E-state index < -0.39 is 0 Å². The van der Waals surface area contributed by atoms with Crippen LogP contribution in [0.1, 0.15) is 48.2 Å². The molecule has 1 aliphatic carbocycles. The summed E-state index contributed by atoms with van der Waals surface area (Å²) in [5.74, 6) is 3.09. The molecule has 0 radical (unpaired) electrons. The van der Waals surface area contributed by atoms with E-state index in [4.69, 9.17) is 5.73 Å². The fraction of sp³-hybridized carbons (Fsp3) is 0.412. The molecule has 0 saturated heterocycles. The van der Waals surface area contributed by atoms with Crippen LogP contribution in [0.5, 0.6) is 0 Å². The molecule has 0 amide bonds. The van der Waals surface area contributed by atoms with E-state index in [0.29, 0.717) is 11.7 Å². The predicted octanol–water partition coefficient (Wildman–Crippen LogP) is 3.24. The van der Waals surface area contributed by atoms with E-state index in [1.807, 2.05) is 6.92 Å². The minimum atomic E-state index is 0.276. The lowest BCUT2D eigenvalue weighted by molar-refractivity contribution is 0.633. The fourth-order valence-corrected chi connectivity index (χ4v) is 2.75. The molecule has 3 rings (SSSR count). The van der Waals surface area contributed by atoms with Gasteiger partial charge in [-0.05, 0) is 24.5 Å². The maximum atomic E-state index is 6.00. The molecule has 0 spiro atoms. The number of nitrogen functional groups attached to an aromatic ring is 1. The standard InChI is InChI=1S/C17H22N4/c1-10(2)16-20-15(18)11(3)17(21-16)19-9-13-8-12-6-4-5-7-14(12)13/h4-7,10,13H,8-9H2,1-3H3,(H3,18,19,20,21). The molecule has 4 nitrogen and oxygen atoms in total. The molecule has 0 bridgehead atoms. The zero-order valence-electron chi connectivity index (χ0n) is 12.9. The second-order valence-corrected chi connectivity index (χ2v) is 6.08. The van der Waals surface area contributed by atoms with Crippen LogP contribution < -0.4 is 11.1 Å². The topological polar surface area (TPSA) is 63.8 Å². The Kier molecular flexibility index (Phi) is 3.53. The van der Waals surface area contributed by atoms with Crippen molar-refractivity contribution in [2.75, 3.05) is 17.6 Å². The summed E-state index contributed by atoms with van der Waals surface area (Å²) >= 11 is 0. The predicted molar refractivity (Wildman–Crippen MR) is 86.6 cm³/mol. The SMILES string of the molecule is Cc1c(N)nc(C(C)C)nc1NCC1Cc2ccccc21. The Morgan fingerprint density at radius 3 is 2.76 bits per heavy atom. The largest absolute Gasteiger partial charge is 0.383 e. The van der Waals surface area contributed by atoms with Crippen LogP contribution in [-0.2, 0) is 6.42 Å². The van der Waals surface area contributed by atoms with E-state index >= 15 is 0 Å². The summed E-state index contributed by atoms with van der Waals surface area (Å²) in [6.07, 6.45) is 1.14. The monoisotopic (exact) mass is 282 g/mol. The summed E-state index contributed by atoms with van der Waals surface area (Å²) in [7, 11) is 0. The van der Waals surface area contributed by atoms with Gasteiger partial charge in [0.1, 0.15) is 17.5 Å². The second kappa shape index (κ2) is 5.35. The number of hydrogen-bond donors (Lipinski definition) is 2. The lowest BCUT2D eigenvalue weighted by atomic mass is 9.77. The van der Waals surface area contributed by atoms with Gasteiger partial charge < -0.3 is 11.1 Å². The van der Waals surface area contributed by atoms with E-state index in [1.165, 1.54) is 11.1 Å².